The van der Waals surface area contributed by atoms with Crippen LogP contribution in [0.15, 0.2) is 18.2 Å². The van der Waals surface area contributed by atoms with Crippen molar-refractivity contribution in [2.24, 2.45) is 5.73 Å². The fourth-order valence-electron chi connectivity index (χ4n) is 0.879. The van der Waals surface area contributed by atoms with Crippen molar-refractivity contribution in [2.45, 2.75) is 6.92 Å². The van der Waals surface area contributed by atoms with Gasteiger partial charge in [-0.3, -0.25) is 0 Å². The highest BCUT2D eigenvalue weighted by molar-refractivity contribution is 14.1. The second kappa shape index (κ2) is 3.49. The van der Waals surface area contributed by atoms with Crippen LogP contribution in [0.3, 0.4) is 0 Å². The number of nitrogens with two attached hydrogens (primary N) is 1. The fraction of sp³-hybridized carbons (Fsp3) is 0.125. The average molecular weight is 277 g/mol. The quantitative estimate of drug-likeness (QED) is 0.629. The summed E-state index contributed by atoms with van der Waals surface area (Å²) in [5.41, 5.74) is 7.62. The first kappa shape index (κ1) is 8.93. The van der Waals surface area contributed by atoms with E-state index in [1.165, 1.54) is 9.13 Å². The molecule has 0 aromatic heterocycles. The summed E-state index contributed by atoms with van der Waals surface area (Å²) in [4.78, 5) is 0.464. The van der Waals surface area contributed by atoms with E-state index in [-0.39, 0.29) is 0 Å². The van der Waals surface area contributed by atoms with Crippen LogP contribution in [0.25, 0.3) is 0 Å². The third-order valence-corrected chi connectivity index (χ3v) is 2.19. The molecule has 1 rings (SSSR count). The van der Waals surface area contributed by atoms with Crippen LogP contribution < -0.4 is 5.73 Å². The molecule has 0 aliphatic carbocycles. The number of thiocarbonyl (C=S) groups is 1. The van der Waals surface area contributed by atoms with Gasteiger partial charge in [-0.25, -0.2) is 0 Å². The lowest BCUT2D eigenvalue weighted by Crippen LogP contribution is -2.09. The highest BCUT2D eigenvalue weighted by Gasteiger charge is 1.97. The van der Waals surface area contributed by atoms with Crippen molar-refractivity contribution in [3.05, 3.63) is 32.9 Å². The Morgan fingerprint density at radius 2 is 2.09 bits per heavy atom. The molecule has 3 heteroatoms. The van der Waals surface area contributed by atoms with E-state index >= 15 is 0 Å². The van der Waals surface area contributed by atoms with Gasteiger partial charge >= 0.3 is 0 Å². The molecular weight excluding hydrogens is 269 g/mol. The molecular formula is C8H8INS. The molecule has 2 N–H and O–H groups in total. The van der Waals surface area contributed by atoms with Crippen molar-refractivity contribution >= 4 is 39.8 Å². The van der Waals surface area contributed by atoms with Crippen molar-refractivity contribution in [3.8, 4) is 0 Å². The number of hydrogen-bond donors (Lipinski definition) is 1. The minimum atomic E-state index is 0.464. The largest absolute Gasteiger partial charge is 0.389 e. The van der Waals surface area contributed by atoms with Gasteiger partial charge < -0.3 is 5.73 Å². The molecule has 0 atom stereocenters. The van der Waals surface area contributed by atoms with Crippen LogP contribution >= 0.6 is 34.8 Å². The summed E-state index contributed by atoms with van der Waals surface area (Å²) in [6, 6.07) is 6.06. The summed E-state index contributed by atoms with van der Waals surface area (Å²) in [5, 5.41) is 0. The molecule has 0 fully saturated rings. The van der Waals surface area contributed by atoms with Crippen molar-refractivity contribution < 1.29 is 0 Å². The molecule has 1 aromatic rings. The van der Waals surface area contributed by atoms with Gasteiger partial charge in [-0.15, -0.1) is 0 Å². The number of aryl methyl sites for hydroxylation is 1. The minimum Gasteiger partial charge on any atom is -0.389 e. The van der Waals surface area contributed by atoms with Gasteiger partial charge in [-0.2, -0.15) is 0 Å². The van der Waals surface area contributed by atoms with Gasteiger partial charge in [-0.1, -0.05) is 12.2 Å². The number of hydrogen-bond acceptors (Lipinski definition) is 1. The zero-order valence-corrected chi connectivity index (χ0v) is 9.07. The van der Waals surface area contributed by atoms with Crippen molar-refractivity contribution in [1.29, 1.82) is 0 Å². The average Bonchev–Trinajstić information content (AvgIpc) is 1.85. The molecule has 0 aliphatic rings. The molecule has 0 amide bonds. The first-order chi connectivity index (χ1) is 5.09. The topological polar surface area (TPSA) is 26.0 Å². The number of benzene rings is 1. The third kappa shape index (κ3) is 2.41. The van der Waals surface area contributed by atoms with E-state index in [0.717, 1.165) is 5.56 Å². The summed E-state index contributed by atoms with van der Waals surface area (Å²) in [5.74, 6) is 0. The van der Waals surface area contributed by atoms with Crippen LogP contribution in [-0.4, -0.2) is 4.99 Å². The Kier molecular flexibility index (Phi) is 2.84. The number of halogens is 1. The van der Waals surface area contributed by atoms with E-state index in [0.29, 0.717) is 4.99 Å². The molecule has 1 aromatic carbocycles. The maximum atomic E-state index is 5.48. The second-order valence-corrected chi connectivity index (χ2v) is 4.07. The Bertz CT molecular complexity index is 276. The second-order valence-electron chi connectivity index (χ2n) is 2.38. The van der Waals surface area contributed by atoms with Gasteiger partial charge in [0.2, 0.25) is 0 Å². The van der Waals surface area contributed by atoms with Gasteiger partial charge in [0.25, 0.3) is 0 Å². The lowest BCUT2D eigenvalue weighted by atomic mass is 10.1. The zero-order valence-electron chi connectivity index (χ0n) is 6.10. The van der Waals surface area contributed by atoms with Crippen LogP contribution in [0.2, 0.25) is 0 Å². The molecule has 1 nitrogen and oxygen atoms in total. The highest BCUT2D eigenvalue weighted by Crippen LogP contribution is 2.11. The van der Waals surface area contributed by atoms with Gasteiger partial charge in [0.1, 0.15) is 4.99 Å². The van der Waals surface area contributed by atoms with E-state index in [9.17, 15) is 0 Å². The Morgan fingerprint density at radius 1 is 1.45 bits per heavy atom. The highest BCUT2D eigenvalue weighted by atomic mass is 127. The Hall–Kier alpha value is -0.160. The summed E-state index contributed by atoms with van der Waals surface area (Å²) in [7, 11) is 0. The normalized spacial score (nSPS) is 9.64. The van der Waals surface area contributed by atoms with E-state index in [1.807, 2.05) is 19.1 Å². The van der Waals surface area contributed by atoms with Crippen LogP contribution in [0.5, 0.6) is 0 Å². The zero-order chi connectivity index (χ0) is 8.43. The van der Waals surface area contributed by atoms with E-state index in [1.54, 1.807) is 0 Å². The standard InChI is InChI=1S/C8H8INS/c1-5-2-6(8(10)11)4-7(9)3-5/h2-4H,1H3,(H2,10,11). The summed E-state index contributed by atoms with van der Waals surface area (Å²) in [6.07, 6.45) is 0. The Morgan fingerprint density at radius 3 is 2.55 bits per heavy atom. The maximum Gasteiger partial charge on any atom is 0.104 e. The Balaban J connectivity index is 3.19. The van der Waals surface area contributed by atoms with Crippen molar-refractivity contribution in [2.75, 3.05) is 0 Å². The lowest BCUT2D eigenvalue weighted by Gasteiger charge is -2.00. The first-order valence-electron chi connectivity index (χ1n) is 3.16. The van der Waals surface area contributed by atoms with E-state index in [4.69, 9.17) is 18.0 Å². The maximum absolute atomic E-state index is 5.48. The minimum absolute atomic E-state index is 0.464. The summed E-state index contributed by atoms with van der Waals surface area (Å²) < 4.78 is 1.17. The third-order valence-electron chi connectivity index (χ3n) is 1.33. The Labute approximate surface area is 85.1 Å². The predicted octanol–water partition coefficient (Wildman–Crippen LogP) is 2.23. The molecule has 0 saturated heterocycles. The molecule has 11 heavy (non-hydrogen) atoms. The van der Waals surface area contributed by atoms with Gasteiger partial charge in [0, 0.05) is 9.13 Å². The molecule has 0 bridgehead atoms. The molecule has 0 unspecified atom stereocenters. The molecule has 0 saturated carbocycles. The summed E-state index contributed by atoms with van der Waals surface area (Å²) in [6.45, 7) is 2.03. The lowest BCUT2D eigenvalue weighted by molar-refractivity contribution is 1.43. The van der Waals surface area contributed by atoms with Crippen LogP contribution in [0.4, 0.5) is 0 Å². The van der Waals surface area contributed by atoms with E-state index in [2.05, 4.69) is 28.7 Å². The molecule has 0 spiro atoms. The molecule has 0 radical (unpaired) electrons. The number of rotatable bonds is 1. The molecule has 0 aliphatic heterocycles. The first-order valence-corrected chi connectivity index (χ1v) is 4.65. The SMILES string of the molecule is Cc1cc(I)cc(C(N)=S)c1. The van der Waals surface area contributed by atoms with Crippen LogP contribution in [0, 0.1) is 10.5 Å². The van der Waals surface area contributed by atoms with Gasteiger partial charge in [-0.05, 0) is 53.3 Å². The van der Waals surface area contributed by atoms with Gasteiger partial charge in [0.05, 0.1) is 0 Å². The fourth-order valence-corrected chi connectivity index (χ4v) is 1.82. The van der Waals surface area contributed by atoms with Crippen molar-refractivity contribution in [3.63, 3.8) is 0 Å². The molecule has 58 valence electrons. The molecule has 0 heterocycles. The van der Waals surface area contributed by atoms with E-state index < -0.39 is 0 Å². The van der Waals surface area contributed by atoms with Crippen molar-refractivity contribution in [1.82, 2.24) is 0 Å². The predicted molar refractivity (Wildman–Crippen MR) is 59.8 cm³/mol. The van der Waals surface area contributed by atoms with Crippen LogP contribution in [0.1, 0.15) is 11.1 Å². The van der Waals surface area contributed by atoms with Gasteiger partial charge in [0.15, 0.2) is 0 Å². The van der Waals surface area contributed by atoms with Crippen LogP contribution in [-0.2, 0) is 0 Å². The smallest absolute Gasteiger partial charge is 0.104 e. The monoisotopic (exact) mass is 277 g/mol. The summed E-state index contributed by atoms with van der Waals surface area (Å²) >= 11 is 7.10.